The van der Waals surface area contributed by atoms with Gasteiger partial charge in [-0.15, -0.1) is 0 Å². The maximum absolute atomic E-state index is 12.0. The number of aromatic nitrogens is 2. The standard InChI is InChI=1S/C12H15BrN4O3/c1-3-17-12(20)10(13)8(6-14-17)15-7-4-5-9(18)16(2)11(7)19/h6-7,15H,3-5H2,1-2H3. The molecule has 2 amide bonds. The molecule has 1 saturated heterocycles. The van der Waals surface area contributed by atoms with Gasteiger partial charge in [-0.2, -0.15) is 5.10 Å². The van der Waals surface area contributed by atoms with Crippen molar-refractivity contribution in [3.63, 3.8) is 0 Å². The number of piperidine rings is 1. The van der Waals surface area contributed by atoms with Gasteiger partial charge in [-0.25, -0.2) is 4.68 Å². The summed E-state index contributed by atoms with van der Waals surface area (Å²) in [4.78, 5) is 36.4. The molecule has 0 aliphatic carbocycles. The highest BCUT2D eigenvalue weighted by atomic mass is 79.9. The summed E-state index contributed by atoms with van der Waals surface area (Å²) < 4.78 is 1.65. The number of nitrogens with zero attached hydrogens (tertiary/aromatic N) is 3. The molecule has 0 bridgehead atoms. The zero-order valence-corrected chi connectivity index (χ0v) is 12.8. The molecule has 1 N–H and O–H groups in total. The van der Waals surface area contributed by atoms with E-state index in [0.29, 0.717) is 29.5 Å². The van der Waals surface area contributed by atoms with Crippen LogP contribution in [0.2, 0.25) is 0 Å². The predicted molar refractivity (Wildman–Crippen MR) is 76.3 cm³/mol. The van der Waals surface area contributed by atoms with Crippen molar-refractivity contribution in [1.82, 2.24) is 14.7 Å². The topological polar surface area (TPSA) is 84.3 Å². The summed E-state index contributed by atoms with van der Waals surface area (Å²) in [5.74, 6) is -0.487. The number of amides is 2. The van der Waals surface area contributed by atoms with E-state index >= 15 is 0 Å². The van der Waals surface area contributed by atoms with Crippen LogP contribution in [-0.2, 0) is 16.1 Å². The summed E-state index contributed by atoms with van der Waals surface area (Å²) in [7, 11) is 1.46. The van der Waals surface area contributed by atoms with Gasteiger partial charge in [0.15, 0.2) is 0 Å². The highest BCUT2D eigenvalue weighted by molar-refractivity contribution is 9.10. The third-order valence-corrected chi connectivity index (χ3v) is 4.03. The van der Waals surface area contributed by atoms with Crippen molar-refractivity contribution in [1.29, 1.82) is 0 Å². The van der Waals surface area contributed by atoms with Crippen LogP contribution >= 0.6 is 15.9 Å². The maximum Gasteiger partial charge on any atom is 0.283 e. The fourth-order valence-electron chi connectivity index (χ4n) is 2.03. The minimum atomic E-state index is -0.521. The highest BCUT2D eigenvalue weighted by Crippen LogP contribution is 2.21. The summed E-state index contributed by atoms with van der Waals surface area (Å²) in [5, 5.41) is 6.98. The van der Waals surface area contributed by atoms with E-state index in [0.717, 1.165) is 4.90 Å². The molecule has 20 heavy (non-hydrogen) atoms. The number of hydrogen-bond acceptors (Lipinski definition) is 5. The molecule has 0 spiro atoms. The average molecular weight is 343 g/mol. The number of likely N-dealkylation sites (N-methyl/N-ethyl adjacent to an activating group) is 1. The molecule has 0 aromatic carbocycles. The van der Waals surface area contributed by atoms with Crippen molar-refractivity contribution in [2.45, 2.75) is 32.4 Å². The van der Waals surface area contributed by atoms with Crippen molar-refractivity contribution in [3.05, 3.63) is 21.0 Å². The van der Waals surface area contributed by atoms with Crippen LogP contribution in [0.4, 0.5) is 5.69 Å². The van der Waals surface area contributed by atoms with Crippen molar-refractivity contribution in [2.24, 2.45) is 0 Å². The summed E-state index contributed by atoms with van der Waals surface area (Å²) in [5.41, 5.74) is 0.200. The Morgan fingerprint density at radius 1 is 1.45 bits per heavy atom. The minimum Gasteiger partial charge on any atom is -0.371 e. The molecule has 2 heterocycles. The third kappa shape index (κ3) is 2.60. The SMILES string of the molecule is CCn1ncc(NC2CCC(=O)N(C)C2=O)c(Br)c1=O. The molecule has 1 aromatic heterocycles. The predicted octanol–water partition coefficient (Wildman–Crippen LogP) is 0.585. The van der Waals surface area contributed by atoms with Crippen LogP contribution in [0, 0.1) is 0 Å². The first-order valence-corrected chi connectivity index (χ1v) is 7.07. The van der Waals surface area contributed by atoms with Gasteiger partial charge in [0.05, 0.1) is 11.9 Å². The van der Waals surface area contributed by atoms with Crippen LogP contribution in [-0.4, -0.2) is 39.6 Å². The van der Waals surface area contributed by atoms with Gasteiger partial charge >= 0.3 is 0 Å². The molecule has 108 valence electrons. The molecule has 0 radical (unpaired) electrons. The van der Waals surface area contributed by atoms with E-state index in [-0.39, 0.29) is 17.4 Å². The first kappa shape index (κ1) is 14.7. The van der Waals surface area contributed by atoms with Crippen molar-refractivity contribution >= 4 is 33.4 Å². The Morgan fingerprint density at radius 2 is 2.15 bits per heavy atom. The second-order valence-corrected chi connectivity index (χ2v) is 5.31. The molecule has 8 heteroatoms. The second kappa shape index (κ2) is 5.74. The molecule has 7 nitrogen and oxygen atoms in total. The average Bonchev–Trinajstić information content (AvgIpc) is 2.44. The fraction of sp³-hybridized carbons (Fsp3) is 0.500. The van der Waals surface area contributed by atoms with Gasteiger partial charge in [-0.3, -0.25) is 19.3 Å². The number of carbonyl (C=O) groups excluding carboxylic acids is 2. The van der Waals surface area contributed by atoms with Gasteiger partial charge in [0, 0.05) is 20.0 Å². The van der Waals surface area contributed by atoms with Crippen LogP contribution in [0.25, 0.3) is 0 Å². The number of imide groups is 1. The van der Waals surface area contributed by atoms with Crippen LogP contribution < -0.4 is 10.9 Å². The Balaban J connectivity index is 2.23. The quantitative estimate of drug-likeness (QED) is 0.812. The van der Waals surface area contributed by atoms with Crippen molar-refractivity contribution < 1.29 is 9.59 Å². The lowest BCUT2D eigenvalue weighted by Gasteiger charge is -2.28. The molecule has 1 unspecified atom stereocenters. The van der Waals surface area contributed by atoms with Gasteiger partial charge in [0.2, 0.25) is 5.91 Å². The second-order valence-electron chi connectivity index (χ2n) is 4.52. The molecule has 1 aliphatic heterocycles. The monoisotopic (exact) mass is 342 g/mol. The van der Waals surface area contributed by atoms with E-state index < -0.39 is 6.04 Å². The number of likely N-dealkylation sites (tertiary alicyclic amines) is 1. The molecule has 1 aromatic rings. The Hall–Kier alpha value is -1.70. The number of hydrogen-bond donors (Lipinski definition) is 1. The number of anilines is 1. The number of nitrogens with one attached hydrogen (secondary N) is 1. The van der Waals surface area contributed by atoms with E-state index in [4.69, 9.17) is 0 Å². The maximum atomic E-state index is 12.0. The van der Waals surface area contributed by atoms with Crippen LogP contribution in [0.3, 0.4) is 0 Å². The van der Waals surface area contributed by atoms with Gasteiger partial charge < -0.3 is 5.32 Å². The number of aryl methyl sites for hydroxylation is 1. The lowest BCUT2D eigenvalue weighted by Crippen LogP contribution is -2.48. The number of rotatable bonds is 3. The lowest BCUT2D eigenvalue weighted by atomic mass is 10.0. The van der Waals surface area contributed by atoms with Crippen molar-refractivity contribution in [3.8, 4) is 0 Å². The van der Waals surface area contributed by atoms with Crippen molar-refractivity contribution in [2.75, 3.05) is 12.4 Å². The van der Waals surface area contributed by atoms with E-state index in [1.807, 2.05) is 6.92 Å². The Morgan fingerprint density at radius 3 is 2.80 bits per heavy atom. The van der Waals surface area contributed by atoms with E-state index in [9.17, 15) is 14.4 Å². The molecule has 2 rings (SSSR count). The normalized spacial score (nSPS) is 19.4. The zero-order chi connectivity index (χ0) is 14.9. The number of carbonyl (C=O) groups is 2. The summed E-state index contributed by atoms with van der Waals surface area (Å²) in [6.07, 6.45) is 2.21. The van der Waals surface area contributed by atoms with Gasteiger partial charge in [0.1, 0.15) is 10.5 Å². The largest absolute Gasteiger partial charge is 0.371 e. The van der Waals surface area contributed by atoms with Gasteiger partial charge in [0.25, 0.3) is 11.5 Å². The highest BCUT2D eigenvalue weighted by Gasteiger charge is 2.32. The molecule has 0 saturated carbocycles. The van der Waals surface area contributed by atoms with E-state index in [1.54, 1.807) is 0 Å². The molecular formula is C12H15BrN4O3. The van der Waals surface area contributed by atoms with E-state index in [2.05, 4.69) is 26.3 Å². The lowest BCUT2D eigenvalue weighted by molar-refractivity contribution is -0.146. The van der Waals surface area contributed by atoms with Crippen LogP contribution in [0.1, 0.15) is 19.8 Å². The Bertz CT molecular complexity index is 613. The van der Waals surface area contributed by atoms with Crippen LogP contribution in [0.5, 0.6) is 0 Å². The Kier molecular flexibility index (Phi) is 4.22. The molecule has 1 atom stereocenters. The first-order valence-electron chi connectivity index (χ1n) is 6.28. The Labute approximate surface area is 124 Å². The smallest absolute Gasteiger partial charge is 0.283 e. The summed E-state index contributed by atoms with van der Waals surface area (Å²) in [6, 6.07) is -0.521. The fourth-order valence-corrected chi connectivity index (χ4v) is 2.45. The van der Waals surface area contributed by atoms with Gasteiger partial charge in [-0.1, -0.05) is 0 Å². The zero-order valence-electron chi connectivity index (χ0n) is 11.2. The minimum absolute atomic E-state index is 0.188. The summed E-state index contributed by atoms with van der Waals surface area (Å²) >= 11 is 3.22. The van der Waals surface area contributed by atoms with E-state index in [1.165, 1.54) is 17.9 Å². The molecular weight excluding hydrogens is 328 g/mol. The van der Waals surface area contributed by atoms with Gasteiger partial charge in [-0.05, 0) is 29.3 Å². The summed E-state index contributed by atoms with van der Waals surface area (Å²) in [6.45, 7) is 2.29. The number of halogens is 1. The molecule has 1 fully saturated rings. The first-order chi connectivity index (χ1) is 9.45. The molecule has 1 aliphatic rings. The third-order valence-electron chi connectivity index (χ3n) is 3.26. The van der Waals surface area contributed by atoms with Crippen LogP contribution in [0.15, 0.2) is 15.5 Å².